The minimum Gasteiger partial charge on any atom is -0.480 e. The van der Waals surface area contributed by atoms with Crippen LogP contribution in [0.15, 0.2) is 12.4 Å². The van der Waals surface area contributed by atoms with Gasteiger partial charge in [0.1, 0.15) is 0 Å². The number of aliphatic carboxylic acids is 1. The summed E-state index contributed by atoms with van der Waals surface area (Å²) in [5, 5.41) is 15.6. The monoisotopic (exact) mass is 370 g/mol. The summed E-state index contributed by atoms with van der Waals surface area (Å²) in [6, 6.07) is -0.868. The number of sulfone groups is 1. The molecule has 25 heavy (non-hydrogen) atoms. The maximum absolute atomic E-state index is 12.6. The number of hydrogen-bond donors (Lipinski definition) is 2. The molecule has 0 bridgehead atoms. The smallest absolute Gasteiger partial charge is 0.317 e. The lowest BCUT2D eigenvalue weighted by Crippen LogP contribution is -2.61. The molecular formula is C15H22N4O5S. The zero-order chi connectivity index (χ0) is 18.0. The number of nitrogens with one attached hydrogen (secondary N) is 1. The number of piperazine rings is 1. The molecule has 1 aromatic rings. The highest BCUT2D eigenvalue weighted by atomic mass is 32.2. The van der Waals surface area contributed by atoms with E-state index in [4.69, 9.17) is 5.11 Å². The topological polar surface area (TPSA) is 124 Å². The molecule has 2 aliphatic rings. The number of nitrogens with zero attached hydrogens (tertiary/aromatic N) is 3. The van der Waals surface area contributed by atoms with E-state index in [-0.39, 0.29) is 24.0 Å². The molecule has 10 heteroatoms. The summed E-state index contributed by atoms with van der Waals surface area (Å²) in [4.78, 5) is 26.9. The molecular weight excluding hydrogens is 348 g/mol. The van der Waals surface area contributed by atoms with Gasteiger partial charge in [-0.05, 0) is 18.4 Å². The summed E-state index contributed by atoms with van der Waals surface area (Å²) in [5.74, 6) is -1.21. The highest BCUT2D eigenvalue weighted by molar-refractivity contribution is 7.91. The van der Waals surface area contributed by atoms with Gasteiger partial charge in [-0.15, -0.1) is 0 Å². The van der Waals surface area contributed by atoms with Crippen LogP contribution in [-0.4, -0.2) is 88.6 Å². The molecule has 0 radical (unpaired) electrons. The van der Waals surface area contributed by atoms with Crippen LogP contribution < -0.4 is 0 Å². The lowest BCUT2D eigenvalue weighted by atomic mass is 10.0. The Kier molecular flexibility index (Phi) is 5.09. The summed E-state index contributed by atoms with van der Waals surface area (Å²) in [6.45, 7) is 0.560. The van der Waals surface area contributed by atoms with Gasteiger partial charge in [0, 0.05) is 31.7 Å². The normalized spacial score (nSPS) is 25.7. The number of carboxylic acid groups (broad SMARTS) is 1. The first kappa shape index (κ1) is 17.9. The molecule has 138 valence electrons. The van der Waals surface area contributed by atoms with Gasteiger partial charge >= 0.3 is 5.97 Å². The van der Waals surface area contributed by atoms with Crippen molar-refractivity contribution in [3.05, 3.63) is 18.0 Å². The van der Waals surface area contributed by atoms with E-state index in [9.17, 15) is 18.0 Å². The molecule has 0 spiro atoms. The van der Waals surface area contributed by atoms with Gasteiger partial charge in [-0.2, -0.15) is 5.10 Å². The number of amides is 1. The molecule has 2 atom stereocenters. The first-order valence-electron chi connectivity index (χ1n) is 8.29. The summed E-state index contributed by atoms with van der Waals surface area (Å²) < 4.78 is 24.1. The highest BCUT2D eigenvalue weighted by Gasteiger charge is 2.48. The number of carboxylic acids is 1. The van der Waals surface area contributed by atoms with Gasteiger partial charge in [-0.25, -0.2) is 8.42 Å². The highest BCUT2D eigenvalue weighted by Crippen LogP contribution is 2.27. The molecule has 3 heterocycles. The van der Waals surface area contributed by atoms with Gasteiger partial charge in [0.2, 0.25) is 5.91 Å². The average molecular weight is 370 g/mol. The van der Waals surface area contributed by atoms with Crippen molar-refractivity contribution in [3.63, 3.8) is 0 Å². The Hall–Kier alpha value is -1.94. The Morgan fingerprint density at radius 2 is 2.04 bits per heavy atom. The molecule has 1 aromatic heterocycles. The molecule has 2 fully saturated rings. The Labute approximate surface area is 145 Å². The van der Waals surface area contributed by atoms with Crippen LogP contribution >= 0.6 is 0 Å². The maximum atomic E-state index is 12.6. The second-order valence-corrected chi connectivity index (χ2v) is 8.78. The molecule has 2 aliphatic heterocycles. The molecule has 0 unspecified atom stereocenters. The molecule has 0 aromatic carbocycles. The molecule has 0 aliphatic carbocycles. The number of carbonyl (C=O) groups excluding carboxylic acids is 1. The number of H-pyrrole nitrogens is 1. The van der Waals surface area contributed by atoms with Crippen LogP contribution in [-0.2, 0) is 25.8 Å². The number of aryl methyl sites for hydroxylation is 1. The van der Waals surface area contributed by atoms with Crippen molar-refractivity contribution >= 4 is 21.7 Å². The van der Waals surface area contributed by atoms with Gasteiger partial charge in [0.05, 0.1) is 30.3 Å². The minimum atomic E-state index is -3.26. The molecule has 3 rings (SSSR count). The lowest BCUT2D eigenvalue weighted by Gasteiger charge is -2.43. The summed E-state index contributed by atoms with van der Waals surface area (Å²) in [5.41, 5.74) is 1.03. The van der Waals surface area contributed by atoms with Gasteiger partial charge < -0.3 is 10.0 Å². The van der Waals surface area contributed by atoms with Crippen molar-refractivity contribution in [2.24, 2.45) is 0 Å². The van der Waals surface area contributed by atoms with Crippen LogP contribution in [0.1, 0.15) is 18.4 Å². The SMILES string of the molecule is O=C(O)CN1CCN(C(=O)CCCc2cn[nH]c2)[C@@H]2CS(=O)(=O)C[C@@H]21. The zero-order valence-corrected chi connectivity index (χ0v) is 14.6. The predicted molar refractivity (Wildman–Crippen MR) is 88.7 cm³/mol. The van der Waals surface area contributed by atoms with E-state index >= 15 is 0 Å². The molecule has 0 saturated carbocycles. The fraction of sp³-hybridized carbons (Fsp3) is 0.667. The van der Waals surface area contributed by atoms with Gasteiger partial charge in [-0.3, -0.25) is 19.6 Å². The first-order chi connectivity index (χ1) is 11.9. The fourth-order valence-corrected chi connectivity index (χ4v) is 5.72. The van der Waals surface area contributed by atoms with Crippen LogP contribution in [0.4, 0.5) is 0 Å². The summed E-state index contributed by atoms with van der Waals surface area (Å²) in [7, 11) is -3.26. The van der Waals surface area contributed by atoms with E-state index in [0.717, 1.165) is 12.0 Å². The van der Waals surface area contributed by atoms with Crippen LogP contribution in [0.5, 0.6) is 0 Å². The summed E-state index contributed by atoms with van der Waals surface area (Å²) >= 11 is 0. The number of rotatable bonds is 6. The van der Waals surface area contributed by atoms with Crippen molar-refractivity contribution in [2.75, 3.05) is 31.1 Å². The first-order valence-corrected chi connectivity index (χ1v) is 10.1. The van der Waals surface area contributed by atoms with Crippen molar-refractivity contribution in [3.8, 4) is 0 Å². The largest absolute Gasteiger partial charge is 0.480 e. The Balaban J connectivity index is 1.63. The molecule has 9 nitrogen and oxygen atoms in total. The third-order valence-corrected chi connectivity index (χ3v) is 6.56. The average Bonchev–Trinajstić information content (AvgIpc) is 3.13. The van der Waals surface area contributed by atoms with Gasteiger partial charge in [0.25, 0.3) is 0 Å². The van der Waals surface area contributed by atoms with Gasteiger partial charge in [-0.1, -0.05) is 0 Å². The number of fused-ring (bicyclic) bond motifs is 1. The fourth-order valence-electron chi connectivity index (χ4n) is 3.71. The second-order valence-electron chi connectivity index (χ2n) is 6.62. The van der Waals surface area contributed by atoms with E-state index in [1.807, 2.05) is 0 Å². The van der Waals surface area contributed by atoms with Crippen molar-refractivity contribution in [1.82, 2.24) is 20.0 Å². The predicted octanol–water partition coefficient (Wildman–Crippen LogP) is -0.873. The van der Waals surface area contributed by atoms with Gasteiger partial charge in [0.15, 0.2) is 9.84 Å². The molecule has 2 saturated heterocycles. The Morgan fingerprint density at radius 1 is 1.28 bits per heavy atom. The van der Waals surface area contributed by atoms with Crippen LogP contribution in [0.2, 0.25) is 0 Å². The second kappa shape index (κ2) is 7.12. The standard InChI is InChI=1S/C15H22N4O5S/c20-14(3-1-2-11-6-16-17-7-11)19-5-4-18(8-15(21)22)12-9-25(23,24)10-13(12)19/h6-7,12-13H,1-5,8-10H2,(H,16,17)(H,21,22)/t12-,13+/m0/s1. The molecule has 2 N–H and O–H groups in total. The van der Waals surface area contributed by atoms with E-state index in [2.05, 4.69) is 10.2 Å². The van der Waals surface area contributed by atoms with Crippen LogP contribution in [0.25, 0.3) is 0 Å². The zero-order valence-electron chi connectivity index (χ0n) is 13.8. The van der Waals surface area contributed by atoms with E-state index in [1.54, 1.807) is 22.2 Å². The third-order valence-electron chi connectivity index (χ3n) is 4.86. The van der Waals surface area contributed by atoms with E-state index < -0.39 is 27.9 Å². The van der Waals surface area contributed by atoms with Crippen LogP contribution in [0.3, 0.4) is 0 Å². The Morgan fingerprint density at radius 3 is 2.72 bits per heavy atom. The van der Waals surface area contributed by atoms with Crippen molar-refractivity contribution in [1.29, 1.82) is 0 Å². The van der Waals surface area contributed by atoms with Crippen molar-refractivity contribution in [2.45, 2.75) is 31.3 Å². The van der Waals surface area contributed by atoms with E-state index in [0.29, 0.717) is 25.9 Å². The number of aromatic nitrogens is 2. The minimum absolute atomic E-state index is 0.0643. The van der Waals surface area contributed by atoms with Crippen LogP contribution in [0, 0.1) is 0 Å². The Bertz CT molecular complexity index is 733. The summed E-state index contributed by atoms with van der Waals surface area (Å²) in [6.07, 6.45) is 5.24. The quantitative estimate of drug-likeness (QED) is 0.667. The maximum Gasteiger partial charge on any atom is 0.317 e. The number of carbonyl (C=O) groups is 2. The van der Waals surface area contributed by atoms with E-state index in [1.165, 1.54) is 0 Å². The van der Waals surface area contributed by atoms with Crippen molar-refractivity contribution < 1.29 is 23.1 Å². The molecule has 1 amide bonds. The number of aromatic amines is 1. The third kappa shape index (κ3) is 4.18. The number of hydrogen-bond acceptors (Lipinski definition) is 6. The lowest BCUT2D eigenvalue weighted by molar-refractivity contribution is -0.142.